The van der Waals surface area contributed by atoms with Crippen molar-refractivity contribution >= 4 is 17.5 Å². The predicted molar refractivity (Wildman–Crippen MR) is 106 cm³/mol. The topological polar surface area (TPSA) is 98.3 Å². The molecule has 1 aromatic carbocycles. The summed E-state index contributed by atoms with van der Waals surface area (Å²) in [4.78, 5) is 18.7. The van der Waals surface area contributed by atoms with Crippen LogP contribution in [0.3, 0.4) is 0 Å². The molecule has 1 aliphatic heterocycles. The first-order valence-electron chi connectivity index (χ1n) is 9.16. The number of pyridine rings is 1. The molecule has 0 radical (unpaired) electrons. The highest BCUT2D eigenvalue weighted by atomic mass is 19.1. The third-order valence-electron chi connectivity index (χ3n) is 4.74. The molecule has 0 saturated heterocycles. The maximum atomic E-state index is 14.1. The zero-order valence-corrected chi connectivity index (χ0v) is 15.9. The molecule has 4 rings (SSSR count). The molecule has 29 heavy (non-hydrogen) atoms. The number of carbonyl (C=O) groups excluding carboxylic acids is 1. The van der Waals surface area contributed by atoms with E-state index in [0.29, 0.717) is 43.2 Å². The van der Waals surface area contributed by atoms with Gasteiger partial charge in [-0.2, -0.15) is 5.10 Å². The number of benzene rings is 1. The zero-order chi connectivity index (χ0) is 20.4. The fraction of sp³-hybridized carbons (Fsp3) is 0.250. The SMILES string of the molecule is COCCn1cc2c(n1)CN(C(=O)Nc1nc(-c3ccccc3F)ccc1N)C2. The molecule has 9 heteroatoms. The first kappa shape index (κ1) is 18.9. The van der Waals surface area contributed by atoms with E-state index < -0.39 is 5.82 Å². The van der Waals surface area contributed by atoms with E-state index in [1.807, 2.05) is 10.9 Å². The van der Waals surface area contributed by atoms with Crippen LogP contribution in [0.25, 0.3) is 11.3 Å². The Hall–Kier alpha value is -3.46. The molecular formula is C20H21FN6O2. The first-order chi connectivity index (χ1) is 14.0. The maximum Gasteiger partial charge on any atom is 0.323 e. The largest absolute Gasteiger partial charge is 0.396 e. The monoisotopic (exact) mass is 396 g/mol. The van der Waals surface area contributed by atoms with Crippen LogP contribution in [0.5, 0.6) is 0 Å². The highest BCUT2D eigenvalue weighted by molar-refractivity contribution is 5.92. The summed E-state index contributed by atoms with van der Waals surface area (Å²) in [5.41, 5.74) is 8.86. The third kappa shape index (κ3) is 3.90. The quantitative estimate of drug-likeness (QED) is 0.691. The summed E-state index contributed by atoms with van der Waals surface area (Å²) in [6.07, 6.45) is 1.92. The number of aromatic nitrogens is 3. The third-order valence-corrected chi connectivity index (χ3v) is 4.74. The summed E-state index contributed by atoms with van der Waals surface area (Å²) in [7, 11) is 1.64. The normalized spacial score (nSPS) is 12.8. The molecule has 0 bridgehead atoms. The number of halogens is 1. The van der Waals surface area contributed by atoms with Crippen molar-refractivity contribution in [2.24, 2.45) is 0 Å². The Morgan fingerprint density at radius 3 is 2.86 bits per heavy atom. The first-order valence-corrected chi connectivity index (χ1v) is 9.16. The van der Waals surface area contributed by atoms with Crippen LogP contribution in [-0.4, -0.2) is 39.4 Å². The van der Waals surface area contributed by atoms with Crippen molar-refractivity contribution in [2.75, 3.05) is 24.8 Å². The minimum atomic E-state index is -0.391. The second-order valence-electron chi connectivity index (χ2n) is 6.76. The molecular weight excluding hydrogens is 375 g/mol. The maximum absolute atomic E-state index is 14.1. The molecule has 0 atom stereocenters. The molecule has 0 saturated carbocycles. The molecule has 2 aromatic heterocycles. The number of nitrogen functional groups attached to an aromatic ring is 1. The minimum Gasteiger partial charge on any atom is -0.396 e. The van der Waals surface area contributed by atoms with E-state index in [1.165, 1.54) is 6.07 Å². The van der Waals surface area contributed by atoms with Gasteiger partial charge in [-0.05, 0) is 24.3 Å². The van der Waals surface area contributed by atoms with Gasteiger partial charge in [0.05, 0.1) is 43.3 Å². The van der Waals surface area contributed by atoms with Crippen LogP contribution in [0.2, 0.25) is 0 Å². The van der Waals surface area contributed by atoms with Crippen molar-refractivity contribution in [3.05, 3.63) is 59.7 Å². The minimum absolute atomic E-state index is 0.199. The Morgan fingerprint density at radius 2 is 2.10 bits per heavy atom. The van der Waals surface area contributed by atoms with Gasteiger partial charge in [0.1, 0.15) is 5.82 Å². The fourth-order valence-electron chi connectivity index (χ4n) is 3.22. The molecule has 3 aromatic rings. The van der Waals surface area contributed by atoms with E-state index in [0.717, 1.165) is 11.3 Å². The fourth-order valence-corrected chi connectivity index (χ4v) is 3.22. The molecule has 0 aliphatic carbocycles. The summed E-state index contributed by atoms with van der Waals surface area (Å²) in [6, 6.07) is 9.21. The van der Waals surface area contributed by atoms with Crippen LogP contribution in [-0.2, 0) is 24.4 Å². The number of carbonyl (C=O) groups is 1. The molecule has 0 unspecified atom stereocenters. The number of ether oxygens (including phenoxy) is 1. The van der Waals surface area contributed by atoms with Crippen molar-refractivity contribution in [3.63, 3.8) is 0 Å². The average Bonchev–Trinajstić information content (AvgIpc) is 3.27. The lowest BCUT2D eigenvalue weighted by Crippen LogP contribution is -2.31. The Labute approximate surface area is 167 Å². The Morgan fingerprint density at radius 1 is 1.28 bits per heavy atom. The number of hydrogen-bond donors (Lipinski definition) is 2. The number of amides is 2. The van der Waals surface area contributed by atoms with E-state index in [4.69, 9.17) is 10.5 Å². The van der Waals surface area contributed by atoms with Gasteiger partial charge in [-0.3, -0.25) is 10.00 Å². The van der Waals surface area contributed by atoms with E-state index in [9.17, 15) is 9.18 Å². The number of urea groups is 1. The van der Waals surface area contributed by atoms with Crippen LogP contribution in [0.15, 0.2) is 42.6 Å². The highest BCUT2D eigenvalue weighted by Crippen LogP contribution is 2.27. The van der Waals surface area contributed by atoms with Gasteiger partial charge in [0, 0.05) is 24.4 Å². The number of anilines is 2. The lowest BCUT2D eigenvalue weighted by molar-refractivity contribution is 0.182. The molecule has 2 amide bonds. The van der Waals surface area contributed by atoms with Gasteiger partial charge in [-0.25, -0.2) is 14.2 Å². The Bertz CT molecular complexity index is 1030. The average molecular weight is 396 g/mol. The zero-order valence-electron chi connectivity index (χ0n) is 15.9. The van der Waals surface area contributed by atoms with E-state index in [2.05, 4.69) is 15.4 Å². The van der Waals surface area contributed by atoms with Gasteiger partial charge in [0.25, 0.3) is 0 Å². The second kappa shape index (κ2) is 7.88. The lowest BCUT2D eigenvalue weighted by atomic mass is 10.1. The smallest absolute Gasteiger partial charge is 0.323 e. The lowest BCUT2D eigenvalue weighted by Gasteiger charge is -2.17. The molecule has 0 fully saturated rings. The van der Waals surface area contributed by atoms with Crippen LogP contribution < -0.4 is 11.1 Å². The van der Waals surface area contributed by atoms with Crippen molar-refractivity contribution in [2.45, 2.75) is 19.6 Å². The van der Waals surface area contributed by atoms with Crippen molar-refractivity contribution < 1.29 is 13.9 Å². The number of nitrogens with zero attached hydrogens (tertiary/aromatic N) is 4. The number of nitrogens with two attached hydrogens (primary N) is 1. The summed E-state index contributed by atoms with van der Waals surface area (Å²) in [5, 5.41) is 7.21. The molecule has 3 heterocycles. The Kier molecular flexibility index (Phi) is 5.13. The number of nitrogens with one attached hydrogen (secondary N) is 1. The van der Waals surface area contributed by atoms with Crippen molar-refractivity contribution in [3.8, 4) is 11.3 Å². The number of hydrogen-bond acceptors (Lipinski definition) is 5. The van der Waals surface area contributed by atoms with Crippen molar-refractivity contribution in [1.29, 1.82) is 0 Å². The van der Waals surface area contributed by atoms with Gasteiger partial charge in [-0.1, -0.05) is 12.1 Å². The standard InChI is InChI=1S/C20H21FN6O2/c1-29-9-8-27-11-13-10-26(12-18(13)25-27)20(28)24-19-16(22)6-7-17(23-19)14-4-2-3-5-15(14)21/h2-7,11H,8-10,12,22H2,1H3,(H,23,24,28). The molecule has 8 nitrogen and oxygen atoms in total. The number of rotatable bonds is 5. The molecule has 3 N–H and O–H groups in total. The van der Waals surface area contributed by atoms with Gasteiger partial charge in [0.2, 0.25) is 0 Å². The second-order valence-corrected chi connectivity index (χ2v) is 6.76. The van der Waals surface area contributed by atoms with Gasteiger partial charge in [0.15, 0.2) is 5.82 Å². The van der Waals surface area contributed by atoms with Crippen molar-refractivity contribution in [1.82, 2.24) is 19.7 Å². The summed E-state index contributed by atoms with van der Waals surface area (Å²) in [6.45, 7) is 2.09. The van der Waals surface area contributed by atoms with Crippen LogP contribution in [0, 0.1) is 5.82 Å². The summed E-state index contributed by atoms with van der Waals surface area (Å²) < 4.78 is 20.9. The van der Waals surface area contributed by atoms with Crippen LogP contribution in [0.1, 0.15) is 11.3 Å². The van der Waals surface area contributed by atoms with E-state index in [1.54, 1.807) is 42.3 Å². The van der Waals surface area contributed by atoms with Gasteiger partial charge in [-0.15, -0.1) is 0 Å². The molecule has 150 valence electrons. The summed E-state index contributed by atoms with van der Waals surface area (Å²) >= 11 is 0. The molecule has 1 aliphatic rings. The number of fused-ring (bicyclic) bond motifs is 1. The summed E-state index contributed by atoms with van der Waals surface area (Å²) in [5.74, 6) is -0.192. The highest BCUT2D eigenvalue weighted by Gasteiger charge is 2.27. The van der Waals surface area contributed by atoms with Crippen LogP contribution >= 0.6 is 0 Å². The Balaban J connectivity index is 1.47. The number of methoxy groups -OCH3 is 1. The van der Waals surface area contributed by atoms with Crippen LogP contribution in [0.4, 0.5) is 20.7 Å². The van der Waals surface area contributed by atoms with E-state index >= 15 is 0 Å². The predicted octanol–water partition coefficient (Wildman–Crippen LogP) is 2.86. The van der Waals surface area contributed by atoms with Gasteiger partial charge >= 0.3 is 6.03 Å². The molecule has 0 spiro atoms. The van der Waals surface area contributed by atoms with Gasteiger partial charge < -0.3 is 15.4 Å². The van der Waals surface area contributed by atoms with E-state index in [-0.39, 0.29) is 11.8 Å².